The number of fused-ring (bicyclic) bond motifs is 5. The van der Waals surface area contributed by atoms with Crippen LogP contribution in [0.3, 0.4) is 0 Å². The van der Waals surface area contributed by atoms with Crippen molar-refractivity contribution in [1.82, 2.24) is 29.8 Å². The van der Waals surface area contributed by atoms with Crippen LogP contribution in [0.2, 0.25) is 0 Å². The summed E-state index contributed by atoms with van der Waals surface area (Å²) in [5, 5.41) is 7.89. The summed E-state index contributed by atoms with van der Waals surface area (Å²) in [7, 11) is -1.43. The predicted octanol–water partition coefficient (Wildman–Crippen LogP) is 6.12. The van der Waals surface area contributed by atoms with Crippen LogP contribution in [0, 0.1) is 25.2 Å². The van der Waals surface area contributed by atoms with Gasteiger partial charge in [-0.25, -0.2) is 13.4 Å². The number of ether oxygens (including phenoxy) is 1. The van der Waals surface area contributed by atoms with Crippen LogP contribution in [0.5, 0.6) is 0 Å². The van der Waals surface area contributed by atoms with Crippen LogP contribution in [0.15, 0.2) is 36.4 Å². The van der Waals surface area contributed by atoms with Crippen molar-refractivity contribution in [3.63, 3.8) is 0 Å². The van der Waals surface area contributed by atoms with Gasteiger partial charge in [0.25, 0.3) is 0 Å². The Morgan fingerprint density at radius 1 is 1.00 bits per heavy atom. The minimum absolute atomic E-state index is 0.0479. The van der Waals surface area contributed by atoms with E-state index in [0.29, 0.717) is 38.3 Å². The lowest BCUT2D eigenvalue weighted by Gasteiger charge is -2.41. The molecule has 9 nitrogen and oxygen atoms in total. The van der Waals surface area contributed by atoms with Gasteiger partial charge in [-0.1, -0.05) is 45.4 Å². The van der Waals surface area contributed by atoms with E-state index < -0.39 is 21.6 Å². The Hall–Kier alpha value is -2.34. The van der Waals surface area contributed by atoms with E-state index in [1.54, 1.807) is 0 Å². The van der Waals surface area contributed by atoms with Crippen LogP contribution in [-0.2, 0) is 28.4 Å². The van der Waals surface area contributed by atoms with E-state index in [2.05, 4.69) is 103 Å². The molecular weight excluding hydrogens is 621 g/mol. The molecule has 6 atom stereocenters. The van der Waals surface area contributed by atoms with Crippen LogP contribution in [0.25, 0.3) is 11.0 Å². The van der Waals surface area contributed by atoms with Gasteiger partial charge in [0, 0.05) is 49.7 Å². The lowest BCUT2D eigenvalue weighted by Crippen LogP contribution is -2.64. The summed E-state index contributed by atoms with van der Waals surface area (Å²) in [5.74, 6) is 0.953. The summed E-state index contributed by atoms with van der Waals surface area (Å²) in [6, 6.07) is 13.2. The number of pyridine rings is 1. The Balaban J connectivity index is 1.23. The van der Waals surface area contributed by atoms with Crippen LogP contribution in [0.1, 0.15) is 112 Å². The highest BCUT2D eigenvalue weighted by molar-refractivity contribution is 7.90. The molecule has 4 fully saturated rings. The van der Waals surface area contributed by atoms with Crippen LogP contribution >= 0.6 is 0 Å². The van der Waals surface area contributed by atoms with Gasteiger partial charge in [-0.2, -0.15) is 4.72 Å². The van der Waals surface area contributed by atoms with Gasteiger partial charge < -0.3 is 9.30 Å². The van der Waals surface area contributed by atoms with E-state index in [1.807, 2.05) is 0 Å². The average molecular weight is 677 g/mol. The van der Waals surface area contributed by atoms with Gasteiger partial charge in [-0.05, 0) is 105 Å². The van der Waals surface area contributed by atoms with Crippen LogP contribution < -0.4 is 15.4 Å². The number of hydrogen-bond donors (Lipinski definition) is 3. The zero-order valence-electron chi connectivity index (χ0n) is 29.8. The highest BCUT2D eigenvalue weighted by Crippen LogP contribution is 2.42. The minimum Gasteiger partial charge on any atom is -0.362 e. The smallest absolute Gasteiger partial charge is 0.216 e. The number of benzene rings is 1. The molecule has 4 heterocycles. The van der Waals surface area contributed by atoms with E-state index in [4.69, 9.17) is 9.72 Å². The van der Waals surface area contributed by atoms with Crippen molar-refractivity contribution in [2.45, 2.75) is 128 Å². The first-order valence-electron chi connectivity index (χ1n) is 18.2. The third kappa shape index (κ3) is 7.54. The maximum Gasteiger partial charge on any atom is 0.216 e. The fraction of sp³-hybridized carbons (Fsp3) is 0.658. The Morgan fingerprint density at radius 3 is 2.50 bits per heavy atom. The number of hydrogen-bond acceptors (Lipinski definition) is 7. The molecule has 2 aliphatic heterocycles. The van der Waals surface area contributed by atoms with Gasteiger partial charge in [0.15, 0.2) is 0 Å². The second kappa shape index (κ2) is 13.4. The van der Waals surface area contributed by atoms with E-state index in [9.17, 15) is 8.42 Å². The van der Waals surface area contributed by atoms with E-state index in [-0.39, 0.29) is 29.6 Å². The number of rotatable bonds is 5. The fourth-order valence-electron chi connectivity index (χ4n) is 8.72. The molecule has 3 N–H and O–H groups in total. The van der Waals surface area contributed by atoms with Crippen LogP contribution in [0.4, 0.5) is 0 Å². The number of aryl methyl sites for hydroxylation is 3. The third-order valence-electron chi connectivity index (χ3n) is 11.2. The highest BCUT2D eigenvalue weighted by Gasteiger charge is 2.39. The first-order chi connectivity index (χ1) is 22.8. The SMILES string of the molecule is Cc1cccc(C)c1C1CC2NC(N1)NS(=O)(=O)C1CCCC(C1)CN(Cc1ccc3cc(C4CC4)n(C)c3n1)[C@H](CC(C)(C)C)CO2. The zero-order valence-corrected chi connectivity index (χ0v) is 30.6. The van der Waals surface area contributed by atoms with Crippen molar-refractivity contribution in [2.75, 3.05) is 13.2 Å². The molecule has 2 saturated heterocycles. The molecule has 10 heteroatoms. The molecule has 1 aromatic carbocycles. The molecule has 3 aromatic rings. The zero-order chi connectivity index (χ0) is 33.8. The molecule has 262 valence electrons. The molecular formula is C38H56N6O3S. The van der Waals surface area contributed by atoms with Crippen molar-refractivity contribution in [3.8, 4) is 0 Å². The van der Waals surface area contributed by atoms with Gasteiger partial charge in [0.05, 0.1) is 17.6 Å². The van der Waals surface area contributed by atoms with Crippen molar-refractivity contribution in [2.24, 2.45) is 18.4 Å². The second-order valence-corrected chi connectivity index (χ2v) is 18.5. The standard InChI is InChI=1S/C38H56N6O3S/c1-24-9-7-10-25(2)35(24)32-19-34-41-37(40-32)42-48(45,46)31-12-8-11-26(17-31)21-44(30(23-47-34)20-38(3,4)5)22-29-16-15-28-18-33(27-13-14-27)43(6)36(28)39-29/h7,9-10,15-16,18,26-27,30-32,34,37,40-42H,8,11-14,17,19-23H2,1-6H3/t26?,30-,31?,32?,34?,37?/m1/s1. The number of aromatic nitrogens is 2. The summed E-state index contributed by atoms with van der Waals surface area (Å²) in [6.07, 6.45) is 6.60. The molecule has 2 aromatic heterocycles. The van der Waals surface area contributed by atoms with Crippen molar-refractivity contribution in [1.29, 1.82) is 0 Å². The molecule has 48 heavy (non-hydrogen) atoms. The van der Waals surface area contributed by atoms with E-state index in [0.717, 1.165) is 37.1 Å². The van der Waals surface area contributed by atoms with E-state index in [1.165, 1.54) is 40.6 Å². The average Bonchev–Trinajstić information content (AvgIpc) is 3.81. The summed E-state index contributed by atoms with van der Waals surface area (Å²) in [5.41, 5.74) is 7.22. The van der Waals surface area contributed by atoms with Crippen LogP contribution in [-0.4, -0.2) is 59.8 Å². The summed E-state index contributed by atoms with van der Waals surface area (Å²) in [6.45, 7) is 13.3. The molecule has 0 radical (unpaired) electrons. The summed E-state index contributed by atoms with van der Waals surface area (Å²) in [4.78, 5) is 7.82. The molecule has 7 rings (SSSR count). The third-order valence-corrected chi connectivity index (χ3v) is 13.1. The molecule has 4 aliphatic rings. The Morgan fingerprint density at radius 2 is 1.77 bits per heavy atom. The second-order valence-electron chi connectivity index (χ2n) is 16.5. The topological polar surface area (TPSA) is 101 Å². The largest absolute Gasteiger partial charge is 0.362 e. The maximum atomic E-state index is 14.0. The molecule has 0 spiro atoms. The van der Waals surface area contributed by atoms with Crippen molar-refractivity contribution >= 4 is 21.1 Å². The quantitative estimate of drug-likeness (QED) is 0.300. The van der Waals surface area contributed by atoms with Gasteiger partial charge in [-0.15, -0.1) is 0 Å². The van der Waals surface area contributed by atoms with Gasteiger partial charge in [0.1, 0.15) is 18.2 Å². The Labute approximate surface area is 287 Å². The number of nitrogens with one attached hydrogen (secondary N) is 3. The fourth-order valence-corrected chi connectivity index (χ4v) is 10.4. The summed E-state index contributed by atoms with van der Waals surface area (Å²) < 4.78 is 40.1. The van der Waals surface area contributed by atoms with Crippen molar-refractivity contribution in [3.05, 3.63) is 64.5 Å². The monoisotopic (exact) mass is 676 g/mol. The van der Waals surface area contributed by atoms with Gasteiger partial charge in [-0.3, -0.25) is 15.5 Å². The predicted molar refractivity (Wildman–Crippen MR) is 192 cm³/mol. The van der Waals surface area contributed by atoms with Gasteiger partial charge >= 0.3 is 0 Å². The summed E-state index contributed by atoms with van der Waals surface area (Å²) >= 11 is 0. The number of nitrogens with zero attached hydrogens (tertiary/aromatic N) is 3. The Kier molecular flexibility index (Phi) is 9.54. The minimum atomic E-state index is -3.58. The Bertz CT molecular complexity index is 1710. The first kappa shape index (κ1) is 34.1. The molecule has 2 saturated carbocycles. The maximum absolute atomic E-state index is 14.0. The molecule has 4 bridgehead atoms. The van der Waals surface area contributed by atoms with Gasteiger partial charge in [0.2, 0.25) is 10.0 Å². The van der Waals surface area contributed by atoms with Crippen molar-refractivity contribution < 1.29 is 13.2 Å². The molecule has 5 unspecified atom stereocenters. The number of sulfonamides is 1. The molecule has 2 aliphatic carbocycles. The highest BCUT2D eigenvalue weighted by atomic mass is 32.2. The molecule has 0 amide bonds. The lowest BCUT2D eigenvalue weighted by atomic mass is 9.85. The normalized spacial score (nSPS) is 30.4. The van der Waals surface area contributed by atoms with E-state index >= 15 is 0 Å². The lowest BCUT2D eigenvalue weighted by molar-refractivity contribution is -0.0517. The first-order valence-corrected chi connectivity index (χ1v) is 19.8.